The molecule has 0 radical (unpaired) electrons. The second-order valence-corrected chi connectivity index (χ2v) is 12.5. The highest BCUT2D eigenvalue weighted by atomic mass is 14.5. The highest BCUT2D eigenvalue weighted by molar-refractivity contribution is 5.92. The molecule has 0 saturated heterocycles. The van der Waals surface area contributed by atoms with Gasteiger partial charge in [0, 0.05) is 5.92 Å². The zero-order valence-corrected chi connectivity index (χ0v) is 22.8. The molecule has 2 aromatic rings. The first-order chi connectivity index (χ1) is 15.9. The Morgan fingerprint density at radius 2 is 1.65 bits per heavy atom. The summed E-state index contributed by atoms with van der Waals surface area (Å²) < 4.78 is 0. The van der Waals surface area contributed by atoms with Gasteiger partial charge < -0.3 is 0 Å². The number of hydrogen-bond donors (Lipinski definition) is 0. The van der Waals surface area contributed by atoms with E-state index in [0.29, 0.717) is 5.92 Å². The van der Waals surface area contributed by atoms with Gasteiger partial charge in [-0.3, -0.25) is 0 Å². The predicted molar refractivity (Wildman–Crippen MR) is 150 cm³/mol. The molecule has 2 aromatic carbocycles. The standard InChI is InChI=1S/C34H44/c1-10-25(17-20-33(8,9)34(23(2)3)18-13-14-19-34)28-21-24(4)22-29-30(28)26-15-11-12-16-27(26)31(29)32(5,6)7/h10-12,15-17,20-22,31H,2,13-14,18-19H2,1,3-9H3/b20-17-,25-10+. The number of hydrogen-bond acceptors (Lipinski definition) is 0. The van der Waals surface area contributed by atoms with E-state index in [1.165, 1.54) is 70.2 Å². The van der Waals surface area contributed by atoms with Crippen LogP contribution in [-0.4, -0.2) is 0 Å². The van der Waals surface area contributed by atoms with Crippen molar-refractivity contribution in [2.45, 2.75) is 87.0 Å². The van der Waals surface area contributed by atoms with Crippen molar-refractivity contribution in [2.24, 2.45) is 16.2 Å². The molecular weight excluding hydrogens is 408 g/mol. The van der Waals surface area contributed by atoms with Crippen molar-refractivity contribution >= 4 is 5.57 Å². The Bertz CT molecular complexity index is 1150. The normalized spacial score (nSPS) is 20.0. The molecule has 2 aliphatic carbocycles. The molecule has 0 N–H and O–H groups in total. The summed E-state index contributed by atoms with van der Waals surface area (Å²) in [4.78, 5) is 0. The van der Waals surface area contributed by atoms with E-state index in [-0.39, 0.29) is 16.2 Å². The molecule has 180 valence electrons. The van der Waals surface area contributed by atoms with Crippen molar-refractivity contribution in [3.8, 4) is 11.1 Å². The van der Waals surface area contributed by atoms with Gasteiger partial charge in [-0.25, -0.2) is 0 Å². The van der Waals surface area contributed by atoms with Gasteiger partial charge in [0.05, 0.1) is 0 Å². The van der Waals surface area contributed by atoms with E-state index in [9.17, 15) is 0 Å². The van der Waals surface area contributed by atoms with Gasteiger partial charge in [-0.2, -0.15) is 0 Å². The topological polar surface area (TPSA) is 0 Å². The molecule has 0 heteroatoms. The van der Waals surface area contributed by atoms with Crippen LogP contribution in [0.15, 0.2) is 66.8 Å². The molecule has 2 aliphatic rings. The van der Waals surface area contributed by atoms with Crippen molar-refractivity contribution in [1.82, 2.24) is 0 Å². The van der Waals surface area contributed by atoms with Crippen molar-refractivity contribution in [1.29, 1.82) is 0 Å². The molecule has 0 heterocycles. The first kappa shape index (κ1) is 24.8. The molecule has 0 bridgehead atoms. The summed E-state index contributed by atoms with van der Waals surface area (Å²) >= 11 is 0. The van der Waals surface area contributed by atoms with Crippen molar-refractivity contribution < 1.29 is 0 Å². The molecule has 0 amide bonds. The van der Waals surface area contributed by atoms with E-state index in [2.05, 4.69) is 117 Å². The van der Waals surface area contributed by atoms with Crippen LogP contribution < -0.4 is 0 Å². The van der Waals surface area contributed by atoms with Gasteiger partial charge in [0.25, 0.3) is 0 Å². The summed E-state index contributed by atoms with van der Waals surface area (Å²) in [7, 11) is 0. The first-order valence-electron chi connectivity index (χ1n) is 13.2. The highest BCUT2D eigenvalue weighted by Crippen LogP contribution is 2.57. The minimum atomic E-state index is 0.0719. The number of aryl methyl sites for hydroxylation is 1. The quantitative estimate of drug-likeness (QED) is 0.312. The monoisotopic (exact) mass is 452 g/mol. The molecule has 0 nitrogen and oxygen atoms in total. The Balaban J connectivity index is 1.84. The molecule has 34 heavy (non-hydrogen) atoms. The molecule has 0 spiro atoms. The van der Waals surface area contributed by atoms with Crippen LogP contribution in [-0.2, 0) is 0 Å². The summed E-state index contributed by atoms with van der Waals surface area (Å²) in [5.41, 5.74) is 11.7. The molecule has 1 atom stereocenters. The van der Waals surface area contributed by atoms with Gasteiger partial charge in [0.15, 0.2) is 0 Å². The smallest absolute Gasteiger partial charge is 0.0150 e. The summed E-state index contributed by atoms with van der Waals surface area (Å²) in [5.74, 6) is 0.418. The fourth-order valence-corrected chi connectivity index (χ4v) is 7.05. The maximum atomic E-state index is 4.45. The van der Waals surface area contributed by atoms with E-state index in [1.54, 1.807) is 0 Å². The lowest BCUT2D eigenvalue weighted by Crippen LogP contribution is -2.34. The van der Waals surface area contributed by atoms with Gasteiger partial charge in [-0.1, -0.05) is 120 Å². The highest BCUT2D eigenvalue weighted by Gasteiger charge is 2.46. The van der Waals surface area contributed by atoms with E-state index < -0.39 is 0 Å². The van der Waals surface area contributed by atoms with Gasteiger partial charge in [-0.05, 0) is 83.2 Å². The molecule has 0 aromatic heterocycles. The number of allylic oxidation sites excluding steroid dienone is 5. The predicted octanol–water partition coefficient (Wildman–Crippen LogP) is 10.3. The van der Waals surface area contributed by atoms with Crippen molar-refractivity contribution in [2.75, 3.05) is 0 Å². The third-order valence-corrected chi connectivity index (χ3v) is 8.84. The van der Waals surface area contributed by atoms with Crippen LogP contribution in [0.2, 0.25) is 0 Å². The van der Waals surface area contributed by atoms with Gasteiger partial charge in [0.2, 0.25) is 0 Å². The molecule has 1 fully saturated rings. The molecule has 4 rings (SSSR count). The van der Waals surface area contributed by atoms with E-state index in [0.717, 1.165) is 0 Å². The van der Waals surface area contributed by atoms with Crippen LogP contribution >= 0.6 is 0 Å². The first-order valence-corrected chi connectivity index (χ1v) is 13.2. The maximum absolute atomic E-state index is 4.45. The van der Waals surface area contributed by atoms with E-state index in [4.69, 9.17) is 0 Å². The Kier molecular flexibility index (Phi) is 6.34. The van der Waals surface area contributed by atoms with Crippen LogP contribution in [0.25, 0.3) is 16.7 Å². The number of rotatable bonds is 5. The lowest BCUT2D eigenvalue weighted by Gasteiger charge is -2.43. The van der Waals surface area contributed by atoms with Crippen LogP contribution in [0.1, 0.15) is 102 Å². The molecule has 1 saturated carbocycles. The summed E-state index contributed by atoms with van der Waals surface area (Å²) in [6.45, 7) is 23.1. The minimum absolute atomic E-state index is 0.0719. The average Bonchev–Trinajstić information content (AvgIpc) is 3.37. The molecular formula is C34H44. The minimum Gasteiger partial charge on any atom is -0.0995 e. The largest absolute Gasteiger partial charge is 0.0995 e. The third kappa shape index (κ3) is 3.94. The summed E-state index contributed by atoms with van der Waals surface area (Å²) in [6.07, 6.45) is 12.3. The number of fused-ring (bicyclic) bond motifs is 3. The van der Waals surface area contributed by atoms with Gasteiger partial charge >= 0.3 is 0 Å². The summed E-state index contributed by atoms with van der Waals surface area (Å²) in [5, 5.41) is 0. The fourth-order valence-electron chi connectivity index (χ4n) is 7.05. The molecule has 1 unspecified atom stereocenters. The molecule has 0 aliphatic heterocycles. The lowest BCUT2D eigenvalue weighted by molar-refractivity contribution is 0.172. The maximum Gasteiger partial charge on any atom is 0.0150 e. The van der Waals surface area contributed by atoms with Crippen molar-refractivity contribution in [3.05, 3.63) is 89.0 Å². The Labute approximate surface area is 208 Å². The second-order valence-electron chi connectivity index (χ2n) is 12.5. The second kappa shape index (κ2) is 8.71. The Hall–Kier alpha value is -2.34. The fraction of sp³-hybridized carbons (Fsp3) is 0.471. The van der Waals surface area contributed by atoms with Crippen LogP contribution in [0, 0.1) is 23.2 Å². The third-order valence-electron chi connectivity index (χ3n) is 8.84. The van der Waals surface area contributed by atoms with Gasteiger partial charge in [-0.15, -0.1) is 0 Å². The van der Waals surface area contributed by atoms with Crippen LogP contribution in [0.5, 0.6) is 0 Å². The SMILES string of the molecule is C=C(C)C1(C(C)(C)/C=C\C(=C/C)c2cc(C)cc3c2-c2ccccc2C3C(C)(C)C)CCCC1. The average molecular weight is 453 g/mol. The lowest BCUT2D eigenvalue weighted by atomic mass is 9.60. The Morgan fingerprint density at radius 1 is 1.00 bits per heavy atom. The van der Waals surface area contributed by atoms with Crippen LogP contribution in [0.3, 0.4) is 0 Å². The summed E-state index contributed by atoms with van der Waals surface area (Å²) in [6, 6.07) is 13.9. The zero-order valence-electron chi connectivity index (χ0n) is 22.8. The Morgan fingerprint density at radius 3 is 2.24 bits per heavy atom. The zero-order chi connectivity index (χ0) is 24.9. The van der Waals surface area contributed by atoms with Crippen LogP contribution in [0.4, 0.5) is 0 Å². The van der Waals surface area contributed by atoms with Crippen molar-refractivity contribution in [3.63, 3.8) is 0 Å². The van der Waals surface area contributed by atoms with Gasteiger partial charge in [0.1, 0.15) is 0 Å². The number of benzene rings is 2. The van der Waals surface area contributed by atoms with E-state index in [1.807, 2.05) is 0 Å². The van der Waals surface area contributed by atoms with E-state index >= 15 is 0 Å².